The largest absolute Gasteiger partial charge is 0.390 e. The van der Waals surface area contributed by atoms with E-state index in [0.29, 0.717) is 0 Å². The highest BCUT2D eigenvalue weighted by Crippen LogP contribution is 2.19. The quantitative estimate of drug-likeness (QED) is 0.665. The second-order valence-electron chi connectivity index (χ2n) is 3.26. The molecule has 0 aliphatic rings. The van der Waals surface area contributed by atoms with Gasteiger partial charge in [-0.2, -0.15) is 0 Å². The van der Waals surface area contributed by atoms with Crippen molar-refractivity contribution in [3.8, 4) is 0 Å². The van der Waals surface area contributed by atoms with E-state index in [0.717, 1.165) is 15.9 Å². The highest BCUT2D eigenvalue weighted by Gasteiger charge is 2.06. The van der Waals surface area contributed by atoms with E-state index in [1.807, 2.05) is 0 Å². The third-order valence-corrected chi connectivity index (χ3v) is 3.72. The fourth-order valence-corrected chi connectivity index (χ4v) is 2.27. The smallest absolute Gasteiger partial charge is 0.0842 e. The SMILES string of the molecule is CCCCC(CC)CSC(=S)CO. The van der Waals surface area contributed by atoms with E-state index < -0.39 is 0 Å². The second-order valence-corrected chi connectivity index (χ2v) is 5.12. The minimum Gasteiger partial charge on any atom is -0.390 e. The van der Waals surface area contributed by atoms with E-state index in [4.69, 9.17) is 17.3 Å². The zero-order valence-electron chi connectivity index (χ0n) is 8.58. The van der Waals surface area contributed by atoms with Crippen LogP contribution in [0, 0.1) is 5.92 Å². The molecule has 0 spiro atoms. The molecule has 0 fully saturated rings. The van der Waals surface area contributed by atoms with Crippen LogP contribution in [0.15, 0.2) is 0 Å². The van der Waals surface area contributed by atoms with Crippen LogP contribution in [0.25, 0.3) is 0 Å². The van der Waals surface area contributed by atoms with Crippen LogP contribution in [0.5, 0.6) is 0 Å². The Bertz CT molecular complexity index is 137. The molecule has 13 heavy (non-hydrogen) atoms. The number of aliphatic hydroxyl groups is 1. The number of hydrogen-bond acceptors (Lipinski definition) is 3. The van der Waals surface area contributed by atoms with E-state index in [2.05, 4.69) is 13.8 Å². The minimum atomic E-state index is 0.0458. The lowest BCUT2D eigenvalue weighted by Gasteiger charge is -2.13. The second kappa shape index (κ2) is 8.97. The molecule has 3 heteroatoms. The van der Waals surface area contributed by atoms with Crippen molar-refractivity contribution in [1.82, 2.24) is 0 Å². The zero-order valence-corrected chi connectivity index (χ0v) is 10.2. The number of unbranched alkanes of at least 4 members (excludes halogenated alkanes) is 1. The number of hydrogen-bond donors (Lipinski definition) is 1. The summed E-state index contributed by atoms with van der Waals surface area (Å²) in [4.78, 5) is 0. The van der Waals surface area contributed by atoms with Gasteiger partial charge in [-0.15, -0.1) is 11.8 Å². The van der Waals surface area contributed by atoms with Crippen molar-refractivity contribution < 1.29 is 5.11 Å². The Hall–Kier alpha value is 0.400. The number of thioether (sulfide) groups is 1. The van der Waals surface area contributed by atoms with Crippen molar-refractivity contribution in [2.24, 2.45) is 5.92 Å². The predicted molar refractivity (Wildman–Crippen MR) is 65.4 cm³/mol. The molecule has 0 amide bonds. The zero-order chi connectivity index (χ0) is 10.1. The Morgan fingerprint density at radius 2 is 2.15 bits per heavy atom. The fourth-order valence-electron chi connectivity index (χ4n) is 1.15. The highest BCUT2D eigenvalue weighted by atomic mass is 32.2. The van der Waals surface area contributed by atoms with Gasteiger partial charge in [-0.1, -0.05) is 45.3 Å². The predicted octanol–water partition coefficient (Wildman–Crippen LogP) is 3.26. The first-order valence-electron chi connectivity index (χ1n) is 5.01. The van der Waals surface area contributed by atoms with Crippen LogP contribution >= 0.6 is 24.0 Å². The molecule has 78 valence electrons. The molecule has 1 nitrogen and oxygen atoms in total. The summed E-state index contributed by atoms with van der Waals surface area (Å²) < 4.78 is 0.731. The first-order chi connectivity index (χ1) is 6.24. The van der Waals surface area contributed by atoms with Gasteiger partial charge in [-0.05, 0) is 12.3 Å². The van der Waals surface area contributed by atoms with E-state index in [1.54, 1.807) is 11.8 Å². The van der Waals surface area contributed by atoms with Gasteiger partial charge >= 0.3 is 0 Å². The average Bonchev–Trinajstić information content (AvgIpc) is 2.17. The van der Waals surface area contributed by atoms with Crippen LogP contribution in [0.1, 0.15) is 39.5 Å². The molecule has 0 bridgehead atoms. The Morgan fingerprint density at radius 1 is 1.46 bits per heavy atom. The van der Waals surface area contributed by atoms with Gasteiger partial charge in [0.15, 0.2) is 0 Å². The van der Waals surface area contributed by atoms with E-state index in [-0.39, 0.29) is 6.61 Å². The Morgan fingerprint density at radius 3 is 2.62 bits per heavy atom. The van der Waals surface area contributed by atoms with Crippen LogP contribution in [-0.2, 0) is 0 Å². The normalized spacial score (nSPS) is 12.8. The molecule has 0 saturated heterocycles. The maximum Gasteiger partial charge on any atom is 0.0842 e. The van der Waals surface area contributed by atoms with Gasteiger partial charge in [0.1, 0.15) is 0 Å². The van der Waals surface area contributed by atoms with E-state index >= 15 is 0 Å². The topological polar surface area (TPSA) is 20.2 Å². The molecule has 0 aromatic heterocycles. The highest BCUT2D eigenvalue weighted by molar-refractivity contribution is 8.23. The summed E-state index contributed by atoms with van der Waals surface area (Å²) in [6.07, 6.45) is 5.10. The number of thiocarbonyl (C=S) groups is 1. The summed E-state index contributed by atoms with van der Waals surface area (Å²) in [6.45, 7) is 4.49. The molecule has 1 atom stereocenters. The molecular formula is C10H20OS2. The molecule has 1 unspecified atom stereocenters. The van der Waals surface area contributed by atoms with Gasteiger partial charge in [0.2, 0.25) is 0 Å². The van der Waals surface area contributed by atoms with Gasteiger partial charge < -0.3 is 5.11 Å². The first kappa shape index (κ1) is 13.4. The molecule has 0 aliphatic heterocycles. The lowest BCUT2D eigenvalue weighted by Crippen LogP contribution is -2.05. The molecule has 0 rings (SSSR count). The Kier molecular flexibility index (Phi) is 9.25. The lowest BCUT2D eigenvalue weighted by molar-refractivity contribution is 0.362. The summed E-state index contributed by atoms with van der Waals surface area (Å²) in [7, 11) is 0. The molecular weight excluding hydrogens is 200 g/mol. The monoisotopic (exact) mass is 220 g/mol. The third-order valence-electron chi connectivity index (χ3n) is 2.15. The van der Waals surface area contributed by atoms with Crippen molar-refractivity contribution in [2.45, 2.75) is 39.5 Å². The van der Waals surface area contributed by atoms with Gasteiger partial charge in [-0.3, -0.25) is 0 Å². The van der Waals surface area contributed by atoms with Gasteiger partial charge in [0.05, 0.1) is 10.8 Å². The van der Waals surface area contributed by atoms with Crippen LogP contribution in [-0.4, -0.2) is 21.7 Å². The standard InChI is InChI=1S/C10H20OS2/c1-3-5-6-9(4-2)8-13-10(12)7-11/h9,11H,3-8H2,1-2H3. The first-order valence-corrected chi connectivity index (χ1v) is 6.40. The van der Waals surface area contributed by atoms with E-state index in [1.165, 1.54) is 25.7 Å². The van der Waals surface area contributed by atoms with Crippen LogP contribution < -0.4 is 0 Å². The van der Waals surface area contributed by atoms with Crippen molar-refractivity contribution in [1.29, 1.82) is 0 Å². The van der Waals surface area contributed by atoms with Crippen molar-refractivity contribution >= 4 is 28.2 Å². The van der Waals surface area contributed by atoms with Crippen molar-refractivity contribution in [3.63, 3.8) is 0 Å². The summed E-state index contributed by atoms with van der Waals surface area (Å²) in [6, 6.07) is 0. The van der Waals surface area contributed by atoms with Gasteiger partial charge in [0.25, 0.3) is 0 Å². The molecule has 0 aromatic carbocycles. The summed E-state index contributed by atoms with van der Waals surface area (Å²) >= 11 is 6.59. The molecule has 0 saturated carbocycles. The summed E-state index contributed by atoms with van der Waals surface area (Å²) in [5.41, 5.74) is 0. The summed E-state index contributed by atoms with van der Waals surface area (Å²) in [5, 5.41) is 8.73. The molecule has 0 aromatic rings. The third kappa shape index (κ3) is 7.47. The molecule has 0 heterocycles. The van der Waals surface area contributed by atoms with Crippen LogP contribution in [0.3, 0.4) is 0 Å². The summed E-state index contributed by atoms with van der Waals surface area (Å²) in [5.74, 6) is 1.85. The average molecular weight is 220 g/mol. The molecule has 1 N–H and O–H groups in total. The van der Waals surface area contributed by atoms with Gasteiger partial charge in [-0.25, -0.2) is 0 Å². The molecule has 0 aliphatic carbocycles. The molecule has 0 radical (unpaired) electrons. The minimum absolute atomic E-state index is 0.0458. The van der Waals surface area contributed by atoms with Crippen LogP contribution in [0.4, 0.5) is 0 Å². The Balaban J connectivity index is 3.52. The van der Waals surface area contributed by atoms with Crippen molar-refractivity contribution in [3.05, 3.63) is 0 Å². The van der Waals surface area contributed by atoms with E-state index in [9.17, 15) is 0 Å². The maximum absolute atomic E-state index is 8.73. The van der Waals surface area contributed by atoms with Crippen LogP contribution in [0.2, 0.25) is 0 Å². The number of rotatable bonds is 7. The fraction of sp³-hybridized carbons (Fsp3) is 0.900. The van der Waals surface area contributed by atoms with Gasteiger partial charge in [0, 0.05) is 5.75 Å². The Labute approximate surface area is 91.3 Å². The van der Waals surface area contributed by atoms with Crippen molar-refractivity contribution in [2.75, 3.05) is 12.4 Å². The maximum atomic E-state index is 8.73. The number of aliphatic hydroxyl groups excluding tert-OH is 1. The lowest BCUT2D eigenvalue weighted by atomic mass is 10.0.